The van der Waals surface area contributed by atoms with E-state index in [1.807, 2.05) is 0 Å². The van der Waals surface area contributed by atoms with Crippen molar-refractivity contribution in [1.29, 1.82) is 0 Å². The Bertz CT molecular complexity index is 3220. The second-order valence-electron chi connectivity index (χ2n) is 14.6. The first kappa shape index (κ1) is 28.2. The Kier molecular flexibility index (Phi) is 5.55. The molecule has 1 aliphatic carbocycles. The summed E-state index contributed by atoms with van der Waals surface area (Å²) in [5.41, 5.74) is 16.1. The molecule has 52 heavy (non-hydrogen) atoms. The van der Waals surface area contributed by atoms with Crippen LogP contribution in [-0.2, 0) is 0 Å². The third-order valence-electron chi connectivity index (χ3n) is 11.7. The van der Waals surface area contributed by atoms with Gasteiger partial charge < -0.3 is 13.7 Å². The average Bonchev–Trinajstić information content (AvgIpc) is 3.80. The monoisotopic (exact) mass is 663 g/mol. The molecule has 0 saturated carbocycles. The number of para-hydroxylation sites is 4. The van der Waals surface area contributed by atoms with Crippen LogP contribution in [-0.4, -0.2) is 13.7 Å². The number of hydrogen-bond donors (Lipinski definition) is 0. The van der Waals surface area contributed by atoms with Gasteiger partial charge in [0.1, 0.15) is 0 Å². The Hall–Kier alpha value is -6.58. The van der Waals surface area contributed by atoms with E-state index < -0.39 is 0 Å². The topological polar surface area (TPSA) is 14.8 Å². The van der Waals surface area contributed by atoms with Crippen LogP contribution in [0.15, 0.2) is 164 Å². The van der Waals surface area contributed by atoms with Crippen LogP contribution in [0, 0.1) is 5.92 Å². The summed E-state index contributed by atoms with van der Waals surface area (Å²) < 4.78 is 7.56. The van der Waals surface area contributed by atoms with Crippen molar-refractivity contribution in [3.8, 4) is 33.6 Å². The molecule has 0 radical (unpaired) electrons. The maximum absolute atomic E-state index is 2.58. The van der Waals surface area contributed by atoms with E-state index in [4.69, 9.17) is 0 Å². The number of allylic oxidation sites excluding steroid dienone is 4. The largest absolute Gasteiger partial charge is 0.310 e. The minimum atomic E-state index is 0.545. The highest BCUT2D eigenvalue weighted by Gasteiger charge is 2.29. The van der Waals surface area contributed by atoms with E-state index in [1.54, 1.807) is 0 Å². The lowest BCUT2D eigenvalue weighted by molar-refractivity contribution is 0.735. The van der Waals surface area contributed by atoms with Crippen LogP contribution in [0.1, 0.15) is 13.3 Å². The first-order valence-electron chi connectivity index (χ1n) is 18.4. The van der Waals surface area contributed by atoms with Crippen LogP contribution in [0.4, 0.5) is 0 Å². The molecule has 3 aromatic heterocycles. The van der Waals surface area contributed by atoms with Crippen molar-refractivity contribution in [3.05, 3.63) is 164 Å². The first-order chi connectivity index (χ1) is 25.7. The molecule has 0 fully saturated rings. The molecule has 7 aromatic carbocycles. The Morgan fingerprint density at radius 2 is 1.06 bits per heavy atom. The molecule has 3 nitrogen and oxygen atoms in total. The van der Waals surface area contributed by atoms with Gasteiger partial charge in [-0.1, -0.05) is 116 Å². The van der Waals surface area contributed by atoms with Crippen LogP contribution >= 0.6 is 0 Å². The zero-order valence-electron chi connectivity index (χ0n) is 28.7. The van der Waals surface area contributed by atoms with Crippen molar-refractivity contribution < 1.29 is 0 Å². The predicted molar refractivity (Wildman–Crippen MR) is 220 cm³/mol. The lowest BCUT2D eigenvalue weighted by Crippen LogP contribution is -2.02. The number of hydrogen-bond acceptors (Lipinski definition) is 0. The quantitative estimate of drug-likeness (QED) is 0.175. The van der Waals surface area contributed by atoms with Gasteiger partial charge >= 0.3 is 0 Å². The fourth-order valence-electron chi connectivity index (χ4n) is 9.42. The van der Waals surface area contributed by atoms with Gasteiger partial charge in [0.2, 0.25) is 0 Å². The minimum absolute atomic E-state index is 0.545. The number of aromatic nitrogens is 3. The summed E-state index contributed by atoms with van der Waals surface area (Å²) in [5.74, 6) is 0.545. The average molecular weight is 664 g/mol. The van der Waals surface area contributed by atoms with E-state index in [0.29, 0.717) is 5.92 Å². The zero-order valence-corrected chi connectivity index (χ0v) is 28.7. The van der Waals surface area contributed by atoms with Gasteiger partial charge in [0.15, 0.2) is 0 Å². The SMILES string of the molecule is CC1C=CC(n2c3ccccc3c3cc4c(cc32)-n2c3ccccc3c3c2c(cc2c5ccccc5n(-c5ccccc5)c23)-c2ccccc2-4)=CC1. The molecule has 4 heterocycles. The van der Waals surface area contributed by atoms with Crippen LogP contribution in [0.2, 0.25) is 0 Å². The molecule has 1 atom stereocenters. The zero-order chi connectivity index (χ0) is 34.1. The summed E-state index contributed by atoms with van der Waals surface area (Å²) >= 11 is 0. The molecular formula is C49H33N3. The molecule has 0 N–H and O–H groups in total. The predicted octanol–water partition coefficient (Wildman–Crippen LogP) is 13.1. The maximum Gasteiger partial charge on any atom is 0.0641 e. The number of fused-ring (bicyclic) bond motifs is 15. The van der Waals surface area contributed by atoms with Gasteiger partial charge in [0.25, 0.3) is 0 Å². The smallest absolute Gasteiger partial charge is 0.0641 e. The highest BCUT2D eigenvalue weighted by atomic mass is 15.0. The molecule has 12 rings (SSSR count). The summed E-state index contributed by atoms with van der Waals surface area (Å²) in [6.07, 6.45) is 8.12. The van der Waals surface area contributed by atoms with Crippen molar-refractivity contribution in [2.24, 2.45) is 5.92 Å². The van der Waals surface area contributed by atoms with Gasteiger partial charge in [-0.05, 0) is 78.1 Å². The lowest BCUT2D eigenvalue weighted by Gasteiger charge is -2.17. The van der Waals surface area contributed by atoms with Crippen LogP contribution in [0.25, 0.3) is 105 Å². The van der Waals surface area contributed by atoms with E-state index in [9.17, 15) is 0 Å². The third-order valence-corrected chi connectivity index (χ3v) is 11.7. The van der Waals surface area contributed by atoms with Gasteiger partial charge in [-0.2, -0.15) is 0 Å². The number of rotatable bonds is 2. The summed E-state index contributed by atoms with van der Waals surface area (Å²) in [6, 6.07) is 54.2. The molecule has 1 unspecified atom stereocenters. The molecule has 244 valence electrons. The van der Waals surface area contributed by atoms with E-state index in [-0.39, 0.29) is 0 Å². The molecule has 10 aromatic rings. The molecule has 0 bridgehead atoms. The van der Waals surface area contributed by atoms with Gasteiger partial charge in [-0.15, -0.1) is 0 Å². The fraction of sp³-hybridized carbons (Fsp3) is 0.0612. The van der Waals surface area contributed by atoms with E-state index in [1.165, 1.54) is 105 Å². The molecule has 1 aliphatic heterocycles. The Morgan fingerprint density at radius 1 is 0.462 bits per heavy atom. The maximum atomic E-state index is 2.58. The van der Waals surface area contributed by atoms with Crippen molar-refractivity contribution in [1.82, 2.24) is 13.7 Å². The summed E-state index contributed by atoms with van der Waals surface area (Å²) in [5, 5.41) is 7.66. The van der Waals surface area contributed by atoms with E-state index in [0.717, 1.165) is 6.42 Å². The van der Waals surface area contributed by atoms with Crippen molar-refractivity contribution in [3.63, 3.8) is 0 Å². The molecule has 0 amide bonds. The molecule has 0 saturated heterocycles. The Morgan fingerprint density at radius 3 is 1.79 bits per heavy atom. The molecule has 2 aliphatic rings. The van der Waals surface area contributed by atoms with E-state index in [2.05, 4.69) is 184 Å². The van der Waals surface area contributed by atoms with Crippen molar-refractivity contribution >= 4 is 71.1 Å². The van der Waals surface area contributed by atoms with E-state index >= 15 is 0 Å². The minimum Gasteiger partial charge on any atom is -0.310 e. The Balaban J connectivity index is 1.32. The first-order valence-corrected chi connectivity index (χ1v) is 18.4. The van der Waals surface area contributed by atoms with Crippen molar-refractivity contribution in [2.45, 2.75) is 13.3 Å². The Labute approximate surface area is 300 Å². The number of nitrogens with zero attached hydrogens (tertiary/aromatic N) is 3. The van der Waals surface area contributed by atoms with Crippen LogP contribution in [0.5, 0.6) is 0 Å². The van der Waals surface area contributed by atoms with Gasteiger partial charge in [-0.25, -0.2) is 0 Å². The van der Waals surface area contributed by atoms with Crippen molar-refractivity contribution in [2.75, 3.05) is 0 Å². The molecular weight excluding hydrogens is 631 g/mol. The van der Waals surface area contributed by atoms with Gasteiger partial charge in [-0.3, -0.25) is 0 Å². The summed E-state index contributed by atoms with van der Waals surface area (Å²) in [7, 11) is 0. The summed E-state index contributed by atoms with van der Waals surface area (Å²) in [4.78, 5) is 0. The standard InChI is InChI=1S/C49H33N3/c1-30-23-25-32(26-24-30)50-42-20-10-7-17-35(42)39-27-38-33-15-5-6-16-34(33)40-28-41-36-18-8-11-21-43(36)51(31-13-3-2-4-14-31)48(41)47-37-19-9-12-22-44(37)52(49(40)47)46(38)29-45(39)50/h2-23,25-30H,24H2,1H3. The van der Waals surface area contributed by atoms with Crippen LogP contribution < -0.4 is 0 Å². The third kappa shape index (κ3) is 3.60. The van der Waals surface area contributed by atoms with Gasteiger partial charge in [0.05, 0.1) is 38.8 Å². The highest BCUT2D eigenvalue weighted by Crippen LogP contribution is 2.52. The number of benzene rings is 7. The lowest BCUT2D eigenvalue weighted by atomic mass is 9.91. The normalized spacial score (nSPS) is 15.2. The highest BCUT2D eigenvalue weighted by molar-refractivity contribution is 6.30. The summed E-state index contributed by atoms with van der Waals surface area (Å²) in [6.45, 7) is 2.29. The fourth-order valence-corrected chi connectivity index (χ4v) is 9.42. The molecule has 0 spiro atoms. The van der Waals surface area contributed by atoms with Gasteiger partial charge in [0, 0.05) is 54.8 Å². The second-order valence-corrected chi connectivity index (χ2v) is 14.6. The van der Waals surface area contributed by atoms with Crippen LogP contribution in [0.3, 0.4) is 0 Å². The second kappa shape index (κ2) is 10.2. The molecule has 3 heteroatoms.